The van der Waals surface area contributed by atoms with Gasteiger partial charge < -0.3 is 14.6 Å². The number of hydrogen-bond acceptors (Lipinski definition) is 4. The van der Waals surface area contributed by atoms with Gasteiger partial charge >= 0.3 is 6.09 Å². The molecule has 1 amide bonds. The van der Waals surface area contributed by atoms with Crippen molar-refractivity contribution in [1.82, 2.24) is 9.88 Å². The van der Waals surface area contributed by atoms with Crippen molar-refractivity contribution < 1.29 is 32.2 Å². The number of alkyl carbamates (subject to hydrolysis) is 1. The Morgan fingerprint density at radius 3 is 2.56 bits per heavy atom. The van der Waals surface area contributed by atoms with Crippen LogP contribution in [0.25, 0.3) is 16.5 Å². The van der Waals surface area contributed by atoms with Crippen molar-refractivity contribution in [3.05, 3.63) is 47.7 Å². The van der Waals surface area contributed by atoms with Crippen LogP contribution in [0, 0.1) is 11.3 Å². The van der Waals surface area contributed by atoms with Crippen LogP contribution in [0.1, 0.15) is 24.6 Å². The second kappa shape index (κ2) is 13.7. The molecule has 0 saturated heterocycles. The quantitative estimate of drug-likeness (QED) is 0.594. The lowest BCUT2D eigenvalue weighted by Gasteiger charge is -2.18. The monoisotopic (exact) mass is 455 g/mol. The van der Waals surface area contributed by atoms with Gasteiger partial charge in [0.25, 0.3) is 0 Å². The second-order valence-electron chi connectivity index (χ2n) is 6.17. The summed E-state index contributed by atoms with van der Waals surface area (Å²) in [7, 11) is 1.00. The highest BCUT2D eigenvalue weighted by Crippen LogP contribution is 2.34. The van der Waals surface area contributed by atoms with E-state index >= 15 is 0 Å². The van der Waals surface area contributed by atoms with Crippen molar-refractivity contribution in [2.24, 2.45) is 0 Å². The van der Waals surface area contributed by atoms with Crippen molar-refractivity contribution in [2.45, 2.75) is 25.9 Å². The van der Waals surface area contributed by atoms with Crippen LogP contribution in [0.15, 0.2) is 36.4 Å². The van der Waals surface area contributed by atoms with Gasteiger partial charge in [0.15, 0.2) is 5.75 Å². The van der Waals surface area contributed by atoms with E-state index in [4.69, 9.17) is 0 Å². The van der Waals surface area contributed by atoms with Crippen LogP contribution < -0.4 is 10.3 Å². The molecule has 0 aliphatic heterocycles. The Morgan fingerprint density at radius 1 is 1.31 bits per heavy atom. The van der Waals surface area contributed by atoms with Crippen molar-refractivity contribution in [2.75, 3.05) is 27.6 Å². The second-order valence-corrected chi connectivity index (χ2v) is 6.17. The molecular weight excluding hydrogens is 430 g/mol. The Hall–Kier alpha value is -3.48. The Balaban J connectivity index is 0.00000121. The number of carbonyl (C=O) groups excluding carboxylic acids is 1. The molecule has 174 valence electrons. The molecule has 1 heterocycles. The number of alkyl halides is 3. The van der Waals surface area contributed by atoms with E-state index in [0.29, 0.717) is 43.8 Å². The van der Waals surface area contributed by atoms with Gasteiger partial charge in [-0.15, -0.1) is 0 Å². The van der Waals surface area contributed by atoms with E-state index in [2.05, 4.69) is 21.1 Å². The minimum absolute atomic E-state index is 0.0694. The number of ether oxygens (including phenoxy) is 1. The van der Waals surface area contributed by atoms with Gasteiger partial charge in [-0.2, -0.15) is 5.26 Å². The molecule has 1 aromatic heterocycles. The molecular formula is C22H25F4N3O3. The summed E-state index contributed by atoms with van der Waals surface area (Å²) >= 11 is 0. The van der Waals surface area contributed by atoms with Crippen molar-refractivity contribution >= 4 is 22.6 Å². The Bertz CT molecular complexity index is 996. The van der Waals surface area contributed by atoms with Crippen LogP contribution in [0.3, 0.4) is 0 Å². The maximum atomic E-state index is 12.6. The molecule has 2 aromatic rings. The first kappa shape index (κ1) is 26.6. The standard InChI is InChI=1S/C20H19F2N3O3.2CH3F/c1-2-25-18-11-15(28-22)7-8-16(18)17(12-23)19(25)13-3-5-14(6-4-13)24-20(26)27-10-9-21;2*1-2/h3-5,7-8,11,14H,2,6,9-10H2,1H3,(H,24,26);2*1H3. The molecule has 0 fully saturated rings. The number of rotatable bonds is 6. The van der Waals surface area contributed by atoms with Gasteiger partial charge in [0.1, 0.15) is 19.4 Å². The SMILES string of the molecule is CCn1c(C2=CCC(NC(=O)OCCF)C=C2)c(C#N)c2ccc(OF)cc21.CF.CF. The predicted molar refractivity (Wildman–Crippen MR) is 114 cm³/mol. The summed E-state index contributed by atoms with van der Waals surface area (Å²) in [6, 6.07) is 6.65. The van der Waals surface area contributed by atoms with Gasteiger partial charge in [-0.1, -0.05) is 18.2 Å². The van der Waals surface area contributed by atoms with Crippen molar-refractivity contribution in [3.63, 3.8) is 0 Å². The molecule has 32 heavy (non-hydrogen) atoms. The topological polar surface area (TPSA) is 76.3 Å². The number of fused-ring (bicyclic) bond motifs is 1. The van der Waals surface area contributed by atoms with E-state index in [1.165, 1.54) is 6.07 Å². The minimum atomic E-state index is -0.731. The van der Waals surface area contributed by atoms with Gasteiger partial charge in [0, 0.05) is 22.5 Å². The third-order valence-corrected chi connectivity index (χ3v) is 4.54. The summed E-state index contributed by atoms with van der Waals surface area (Å²) in [5.41, 5.74) is 2.75. The van der Waals surface area contributed by atoms with E-state index in [1.807, 2.05) is 23.6 Å². The Kier molecular flexibility index (Phi) is 11.4. The van der Waals surface area contributed by atoms with E-state index in [0.717, 1.165) is 11.3 Å². The number of carbonyl (C=O) groups is 1. The summed E-state index contributed by atoms with van der Waals surface area (Å²) in [5.74, 6) is 0.0694. The van der Waals surface area contributed by atoms with Crippen LogP contribution in [-0.4, -0.2) is 44.3 Å². The zero-order valence-corrected chi connectivity index (χ0v) is 18.0. The normalized spacial score (nSPS) is 14.2. The first-order valence-electron chi connectivity index (χ1n) is 9.61. The summed E-state index contributed by atoms with van der Waals surface area (Å²) < 4.78 is 50.3. The molecule has 1 N–H and O–H groups in total. The number of allylic oxidation sites excluding steroid dienone is 2. The highest BCUT2D eigenvalue weighted by Gasteiger charge is 2.21. The van der Waals surface area contributed by atoms with Crippen molar-refractivity contribution in [3.8, 4) is 11.8 Å². The first-order valence-corrected chi connectivity index (χ1v) is 9.61. The van der Waals surface area contributed by atoms with Crippen molar-refractivity contribution in [1.29, 1.82) is 5.26 Å². The molecule has 1 aliphatic rings. The van der Waals surface area contributed by atoms with Gasteiger partial charge in [0.2, 0.25) is 0 Å². The van der Waals surface area contributed by atoms with Crippen LogP contribution in [-0.2, 0) is 11.3 Å². The van der Waals surface area contributed by atoms with Crippen LogP contribution in [0.4, 0.5) is 22.5 Å². The largest absolute Gasteiger partial charge is 0.447 e. The predicted octanol–water partition coefficient (Wildman–Crippen LogP) is 5.38. The number of aryl methyl sites for hydroxylation is 1. The molecule has 0 radical (unpaired) electrons. The third kappa shape index (κ3) is 6.03. The highest BCUT2D eigenvalue weighted by molar-refractivity contribution is 5.95. The molecule has 3 rings (SSSR count). The average molecular weight is 455 g/mol. The van der Waals surface area contributed by atoms with Crippen LogP contribution in [0.5, 0.6) is 5.75 Å². The number of hydrogen-bond donors (Lipinski definition) is 1. The van der Waals surface area contributed by atoms with Crippen LogP contribution >= 0.6 is 0 Å². The Morgan fingerprint density at radius 2 is 2.03 bits per heavy atom. The number of amides is 1. The number of nitrogens with one attached hydrogen (secondary N) is 1. The molecule has 0 bridgehead atoms. The fourth-order valence-corrected chi connectivity index (χ4v) is 3.35. The number of nitriles is 1. The van der Waals surface area contributed by atoms with E-state index in [-0.39, 0.29) is 18.4 Å². The van der Waals surface area contributed by atoms with Gasteiger partial charge in [-0.25, -0.2) is 9.18 Å². The number of benzene rings is 1. The smallest absolute Gasteiger partial charge is 0.407 e. The van der Waals surface area contributed by atoms with E-state index in [9.17, 15) is 27.8 Å². The van der Waals surface area contributed by atoms with Gasteiger partial charge in [0.05, 0.1) is 37.2 Å². The lowest BCUT2D eigenvalue weighted by atomic mass is 9.98. The zero-order valence-electron chi connectivity index (χ0n) is 18.0. The zero-order chi connectivity index (χ0) is 24.1. The Labute approximate surface area is 183 Å². The molecule has 10 heteroatoms. The molecule has 1 aromatic carbocycles. The average Bonchev–Trinajstić information content (AvgIpc) is 3.18. The third-order valence-electron chi connectivity index (χ3n) is 4.54. The van der Waals surface area contributed by atoms with Gasteiger partial charge in [-0.05, 0) is 31.1 Å². The van der Waals surface area contributed by atoms with Gasteiger partial charge in [-0.3, -0.25) is 13.7 Å². The summed E-state index contributed by atoms with van der Waals surface area (Å²) in [5, 5.41) is 13.1. The molecule has 1 atom stereocenters. The highest BCUT2D eigenvalue weighted by atomic mass is 19.3. The lowest BCUT2D eigenvalue weighted by Crippen LogP contribution is -2.34. The molecule has 1 unspecified atom stereocenters. The van der Waals surface area contributed by atoms with Crippen LogP contribution in [0.2, 0.25) is 0 Å². The number of halogens is 4. The molecule has 6 nitrogen and oxygen atoms in total. The fraction of sp³-hybridized carbons (Fsp3) is 0.364. The number of nitrogens with zero attached hydrogens (tertiary/aromatic N) is 2. The molecule has 1 aliphatic carbocycles. The summed E-state index contributed by atoms with van der Waals surface area (Å²) in [4.78, 5) is 15.4. The molecule has 0 saturated carbocycles. The fourth-order valence-electron chi connectivity index (χ4n) is 3.35. The minimum Gasteiger partial charge on any atom is -0.447 e. The molecule has 0 spiro atoms. The van der Waals surface area contributed by atoms with E-state index in [1.54, 1.807) is 18.2 Å². The maximum Gasteiger partial charge on any atom is 0.407 e. The summed E-state index contributed by atoms with van der Waals surface area (Å²) in [6.45, 7) is 1.50. The maximum absolute atomic E-state index is 12.6. The van der Waals surface area contributed by atoms with E-state index < -0.39 is 12.8 Å². The number of aromatic nitrogens is 1. The summed E-state index contributed by atoms with van der Waals surface area (Å²) in [6.07, 6.45) is 5.33. The lowest BCUT2D eigenvalue weighted by molar-refractivity contribution is -0.00606. The first-order chi connectivity index (χ1) is 15.6.